The second kappa shape index (κ2) is 5.68. The third kappa shape index (κ3) is 2.50. The first kappa shape index (κ1) is 15.8. The molecule has 1 aliphatic heterocycles. The summed E-state index contributed by atoms with van der Waals surface area (Å²) in [7, 11) is 0. The molecule has 0 radical (unpaired) electrons. The zero-order chi connectivity index (χ0) is 17.7. The summed E-state index contributed by atoms with van der Waals surface area (Å²) >= 11 is 6.13. The minimum absolute atomic E-state index is 0.0305. The Morgan fingerprint density at radius 2 is 2.12 bits per heavy atom. The van der Waals surface area contributed by atoms with Crippen molar-refractivity contribution >= 4 is 11.6 Å². The Morgan fingerprint density at radius 3 is 2.76 bits per heavy atom. The topological polar surface area (TPSA) is 81.0 Å². The largest absolute Gasteiger partial charge is 0.440 e. The molecule has 5 nitrogen and oxygen atoms in total. The van der Waals surface area contributed by atoms with Crippen molar-refractivity contribution in [3.63, 3.8) is 0 Å². The van der Waals surface area contributed by atoms with Crippen LogP contribution in [0.1, 0.15) is 41.6 Å². The number of nitriles is 1. The summed E-state index contributed by atoms with van der Waals surface area (Å²) in [5.41, 5.74) is 8.12. The van der Waals surface area contributed by atoms with Gasteiger partial charge in [-0.3, -0.25) is 4.79 Å². The van der Waals surface area contributed by atoms with Gasteiger partial charge in [0, 0.05) is 22.8 Å². The summed E-state index contributed by atoms with van der Waals surface area (Å²) in [5.74, 6) is -0.130. The zero-order valence-electron chi connectivity index (χ0n) is 13.6. The molecule has 126 valence electrons. The monoisotopic (exact) mass is 353 g/mol. The molecule has 0 bridgehead atoms. The van der Waals surface area contributed by atoms with Crippen LogP contribution in [0.25, 0.3) is 0 Å². The molecule has 25 heavy (non-hydrogen) atoms. The Kier molecular flexibility index (Phi) is 3.59. The lowest BCUT2D eigenvalue weighted by Gasteiger charge is -2.27. The molecule has 2 heterocycles. The molecule has 2 aromatic rings. The molecule has 2 aliphatic rings. The number of ether oxygens (including phenoxy) is 1. The van der Waals surface area contributed by atoms with Gasteiger partial charge < -0.3 is 15.0 Å². The minimum Gasteiger partial charge on any atom is -0.440 e. The Hall–Kier alpha value is -2.71. The number of hydrogen-bond donors (Lipinski definition) is 1. The first-order chi connectivity index (χ1) is 12.0. The van der Waals surface area contributed by atoms with Crippen molar-refractivity contribution in [2.24, 2.45) is 5.73 Å². The maximum Gasteiger partial charge on any atom is 0.258 e. The Balaban J connectivity index is 2.02. The van der Waals surface area contributed by atoms with Crippen molar-refractivity contribution in [3.05, 3.63) is 74.0 Å². The lowest BCUT2D eigenvalue weighted by atomic mass is 9.84. The average molecular weight is 354 g/mol. The third-order valence-electron chi connectivity index (χ3n) is 4.71. The van der Waals surface area contributed by atoms with Crippen LogP contribution in [0.5, 0.6) is 5.75 Å². The molecule has 0 unspecified atom stereocenters. The van der Waals surface area contributed by atoms with Gasteiger partial charge >= 0.3 is 0 Å². The maximum absolute atomic E-state index is 13.2. The van der Waals surface area contributed by atoms with Gasteiger partial charge in [-0.25, -0.2) is 0 Å². The Morgan fingerprint density at radius 1 is 1.36 bits per heavy atom. The van der Waals surface area contributed by atoms with E-state index in [9.17, 15) is 10.1 Å². The van der Waals surface area contributed by atoms with E-state index in [1.54, 1.807) is 22.8 Å². The number of halogens is 1. The summed E-state index contributed by atoms with van der Waals surface area (Å²) in [6.45, 7) is 1.89. The van der Waals surface area contributed by atoms with Crippen LogP contribution in [0.4, 0.5) is 0 Å². The molecule has 4 rings (SSSR count). The predicted octanol–water partition coefficient (Wildman–Crippen LogP) is 3.36. The van der Waals surface area contributed by atoms with E-state index in [2.05, 4.69) is 6.07 Å². The molecule has 1 atom stereocenters. The Bertz CT molecular complexity index is 1010. The predicted molar refractivity (Wildman–Crippen MR) is 94.5 cm³/mol. The van der Waals surface area contributed by atoms with E-state index in [1.165, 1.54) is 0 Å². The van der Waals surface area contributed by atoms with Crippen LogP contribution in [-0.2, 0) is 0 Å². The van der Waals surface area contributed by atoms with E-state index in [4.69, 9.17) is 22.1 Å². The fourth-order valence-electron chi connectivity index (χ4n) is 3.47. The van der Waals surface area contributed by atoms with Crippen LogP contribution >= 0.6 is 11.6 Å². The van der Waals surface area contributed by atoms with Crippen LogP contribution in [0.2, 0.25) is 5.02 Å². The number of aromatic nitrogens is 1. The molecular weight excluding hydrogens is 338 g/mol. The average Bonchev–Trinajstić information content (AvgIpc) is 3.38. The second-order valence-electron chi connectivity index (χ2n) is 6.45. The van der Waals surface area contributed by atoms with Crippen molar-refractivity contribution in [1.29, 1.82) is 5.26 Å². The normalized spacial score (nSPS) is 19.2. The Labute approximate surface area is 149 Å². The number of pyridine rings is 1. The van der Waals surface area contributed by atoms with E-state index in [1.807, 2.05) is 19.1 Å². The highest BCUT2D eigenvalue weighted by molar-refractivity contribution is 6.30. The number of hydrogen-bond acceptors (Lipinski definition) is 4. The van der Waals surface area contributed by atoms with Gasteiger partial charge in [0.05, 0.1) is 11.5 Å². The van der Waals surface area contributed by atoms with Crippen molar-refractivity contribution in [1.82, 2.24) is 4.57 Å². The summed E-state index contributed by atoms with van der Waals surface area (Å²) in [4.78, 5) is 13.2. The number of rotatable bonds is 2. The summed E-state index contributed by atoms with van der Waals surface area (Å²) < 4.78 is 7.42. The van der Waals surface area contributed by atoms with Crippen molar-refractivity contribution in [2.75, 3.05) is 0 Å². The van der Waals surface area contributed by atoms with Crippen LogP contribution < -0.4 is 16.0 Å². The number of nitrogens with two attached hydrogens (primary N) is 1. The molecule has 1 fully saturated rings. The van der Waals surface area contributed by atoms with Gasteiger partial charge in [-0.1, -0.05) is 23.7 Å². The lowest BCUT2D eigenvalue weighted by molar-refractivity contribution is 0.388. The second-order valence-corrected chi connectivity index (χ2v) is 6.89. The molecular formula is C19H16ClN3O2. The van der Waals surface area contributed by atoms with Crippen molar-refractivity contribution < 1.29 is 4.74 Å². The molecule has 0 saturated heterocycles. The molecule has 0 spiro atoms. The molecule has 6 heteroatoms. The highest BCUT2D eigenvalue weighted by atomic mass is 35.5. The van der Waals surface area contributed by atoms with Crippen molar-refractivity contribution in [2.45, 2.75) is 31.7 Å². The number of fused-ring (bicyclic) bond motifs is 1. The fraction of sp³-hybridized carbons (Fsp3) is 0.263. The van der Waals surface area contributed by atoms with Gasteiger partial charge in [0.1, 0.15) is 17.4 Å². The highest BCUT2D eigenvalue weighted by Gasteiger charge is 2.36. The summed E-state index contributed by atoms with van der Waals surface area (Å²) in [5, 5.41) is 10.2. The van der Waals surface area contributed by atoms with E-state index in [-0.39, 0.29) is 23.1 Å². The molecule has 1 aliphatic carbocycles. The number of nitrogens with zero attached hydrogens (tertiary/aromatic N) is 2. The van der Waals surface area contributed by atoms with Crippen LogP contribution in [0, 0.1) is 18.3 Å². The van der Waals surface area contributed by atoms with Crippen LogP contribution in [0.3, 0.4) is 0 Å². The smallest absolute Gasteiger partial charge is 0.258 e. The van der Waals surface area contributed by atoms with Gasteiger partial charge in [0.15, 0.2) is 0 Å². The molecule has 1 saturated carbocycles. The number of benzene rings is 1. The van der Waals surface area contributed by atoms with E-state index in [0.29, 0.717) is 16.3 Å². The molecule has 0 amide bonds. The van der Waals surface area contributed by atoms with Gasteiger partial charge in [0.25, 0.3) is 5.56 Å². The molecule has 2 N–H and O–H groups in total. The van der Waals surface area contributed by atoms with E-state index >= 15 is 0 Å². The SMILES string of the molecule is Cc1cc2c(c(=O)n1C1CC1)[C@H](c1cccc(Cl)c1)C(C#N)=C(N)O2. The van der Waals surface area contributed by atoms with E-state index in [0.717, 1.165) is 24.1 Å². The van der Waals surface area contributed by atoms with Crippen LogP contribution in [-0.4, -0.2) is 4.57 Å². The van der Waals surface area contributed by atoms with Crippen LogP contribution in [0.15, 0.2) is 46.6 Å². The summed E-state index contributed by atoms with van der Waals surface area (Å²) in [6.07, 6.45) is 1.98. The fourth-order valence-corrected chi connectivity index (χ4v) is 3.67. The quantitative estimate of drug-likeness (QED) is 0.897. The number of aryl methyl sites for hydroxylation is 1. The lowest BCUT2D eigenvalue weighted by Crippen LogP contribution is -2.32. The molecule has 1 aromatic heterocycles. The standard InChI is InChI=1S/C19H16ClN3O2/c1-10-7-15-17(19(24)23(10)13-5-6-13)16(14(9-21)18(22)25-15)11-3-2-4-12(20)8-11/h2-4,7-8,13,16H,5-6,22H2,1H3/t16-/m1/s1. The van der Waals surface area contributed by atoms with Crippen molar-refractivity contribution in [3.8, 4) is 11.8 Å². The van der Waals surface area contributed by atoms with Gasteiger partial charge in [-0.2, -0.15) is 5.26 Å². The number of allylic oxidation sites excluding steroid dienone is 1. The summed E-state index contributed by atoms with van der Waals surface area (Å²) in [6, 6.07) is 11.3. The van der Waals surface area contributed by atoms with Gasteiger partial charge in [0.2, 0.25) is 5.88 Å². The molecule has 1 aromatic carbocycles. The first-order valence-electron chi connectivity index (χ1n) is 8.10. The maximum atomic E-state index is 13.2. The highest BCUT2D eigenvalue weighted by Crippen LogP contribution is 2.42. The minimum atomic E-state index is -0.578. The van der Waals surface area contributed by atoms with Gasteiger partial charge in [-0.15, -0.1) is 0 Å². The van der Waals surface area contributed by atoms with E-state index < -0.39 is 5.92 Å². The zero-order valence-corrected chi connectivity index (χ0v) is 14.4. The third-order valence-corrected chi connectivity index (χ3v) is 4.95. The first-order valence-corrected chi connectivity index (χ1v) is 8.48. The van der Waals surface area contributed by atoms with Gasteiger partial charge in [-0.05, 0) is 37.5 Å².